The number of anilines is 2. The molecule has 1 atom stereocenters. The van der Waals surface area contributed by atoms with Gasteiger partial charge in [-0.2, -0.15) is 18.3 Å². The van der Waals surface area contributed by atoms with Gasteiger partial charge in [-0.3, -0.25) is 14.7 Å². The average Bonchev–Trinajstić information content (AvgIpc) is 3.33. The number of nitrogens with one attached hydrogen (secondary N) is 2. The first-order valence-electron chi connectivity index (χ1n) is 11.2. The van der Waals surface area contributed by atoms with E-state index in [2.05, 4.69) is 15.5 Å². The van der Waals surface area contributed by atoms with Crippen molar-refractivity contribution in [2.75, 3.05) is 25.0 Å². The third-order valence-electron chi connectivity index (χ3n) is 6.60. The van der Waals surface area contributed by atoms with Gasteiger partial charge in [0.1, 0.15) is 6.54 Å². The maximum Gasteiger partial charge on any atom is 0.393 e. The first-order chi connectivity index (χ1) is 16.2. The second-order valence-corrected chi connectivity index (χ2v) is 8.93. The minimum absolute atomic E-state index is 0.0278. The fourth-order valence-electron chi connectivity index (χ4n) is 4.76. The molecule has 10 heteroatoms. The van der Waals surface area contributed by atoms with Gasteiger partial charge in [0, 0.05) is 36.4 Å². The van der Waals surface area contributed by atoms with Crippen LogP contribution in [0.5, 0.6) is 0 Å². The summed E-state index contributed by atoms with van der Waals surface area (Å²) >= 11 is 0. The summed E-state index contributed by atoms with van der Waals surface area (Å²) in [5.41, 5.74) is 4.38. The van der Waals surface area contributed by atoms with Crippen molar-refractivity contribution in [2.45, 2.75) is 32.5 Å². The molecule has 0 spiro atoms. The SMILES string of the molecule is Cc1[nH]nc2cc(Nc3cccc4c3C(=O)N(CC(=O)N3CCCC(C(F)(F)F)C3)C4)ccc12. The molecule has 2 amide bonds. The molecule has 1 aromatic heterocycles. The highest BCUT2D eigenvalue weighted by molar-refractivity contribution is 6.05. The second-order valence-electron chi connectivity index (χ2n) is 8.93. The lowest BCUT2D eigenvalue weighted by Crippen LogP contribution is -2.48. The van der Waals surface area contributed by atoms with Crippen molar-refractivity contribution in [3.8, 4) is 0 Å². The van der Waals surface area contributed by atoms with E-state index in [1.165, 1.54) is 9.80 Å². The Labute approximate surface area is 193 Å². The molecule has 2 aromatic carbocycles. The highest BCUT2D eigenvalue weighted by atomic mass is 19.4. The van der Waals surface area contributed by atoms with Crippen LogP contribution in [0.1, 0.15) is 34.5 Å². The van der Waals surface area contributed by atoms with E-state index in [0.29, 0.717) is 17.7 Å². The highest BCUT2D eigenvalue weighted by Crippen LogP contribution is 2.34. The number of piperidine rings is 1. The Kier molecular flexibility index (Phi) is 5.45. The molecule has 34 heavy (non-hydrogen) atoms. The van der Waals surface area contributed by atoms with Crippen LogP contribution < -0.4 is 5.32 Å². The Hall–Kier alpha value is -3.56. The zero-order valence-electron chi connectivity index (χ0n) is 18.6. The van der Waals surface area contributed by atoms with Gasteiger partial charge >= 0.3 is 6.18 Å². The van der Waals surface area contributed by atoms with E-state index in [1.54, 1.807) is 6.07 Å². The van der Waals surface area contributed by atoms with Gasteiger partial charge in [0.05, 0.1) is 22.7 Å². The summed E-state index contributed by atoms with van der Waals surface area (Å²) in [6.07, 6.45) is -3.99. The van der Waals surface area contributed by atoms with Crippen LogP contribution in [0.2, 0.25) is 0 Å². The van der Waals surface area contributed by atoms with Crippen LogP contribution in [0.25, 0.3) is 10.9 Å². The number of fused-ring (bicyclic) bond motifs is 2. The molecular weight excluding hydrogens is 447 g/mol. The summed E-state index contributed by atoms with van der Waals surface area (Å²) in [6, 6.07) is 11.2. The molecule has 3 aromatic rings. The van der Waals surface area contributed by atoms with Gasteiger partial charge in [0.25, 0.3) is 5.91 Å². The Morgan fingerprint density at radius 3 is 2.88 bits per heavy atom. The lowest BCUT2D eigenvalue weighted by molar-refractivity contribution is -0.188. The zero-order valence-corrected chi connectivity index (χ0v) is 18.6. The number of aryl methyl sites for hydroxylation is 1. The molecule has 2 N–H and O–H groups in total. The first-order valence-corrected chi connectivity index (χ1v) is 11.2. The number of carbonyl (C=O) groups excluding carboxylic acids is 2. The van der Waals surface area contributed by atoms with E-state index in [0.717, 1.165) is 27.8 Å². The minimum atomic E-state index is -4.32. The van der Waals surface area contributed by atoms with Gasteiger partial charge in [-0.05, 0) is 49.6 Å². The predicted molar refractivity (Wildman–Crippen MR) is 121 cm³/mol. The van der Waals surface area contributed by atoms with Crippen molar-refractivity contribution >= 4 is 34.1 Å². The van der Waals surface area contributed by atoms with Crippen molar-refractivity contribution in [1.82, 2.24) is 20.0 Å². The van der Waals surface area contributed by atoms with E-state index < -0.39 is 18.0 Å². The number of halogens is 3. The Morgan fingerprint density at radius 1 is 1.26 bits per heavy atom. The van der Waals surface area contributed by atoms with Gasteiger partial charge in [-0.25, -0.2) is 0 Å². The summed E-state index contributed by atoms with van der Waals surface area (Å²) in [5.74, 6) is -2.28. The third kappa shape index (κ3) is 4.08. The molecule has 5 rings (SSSR count). The number of rotatable bonds is 4. The van der Waals surface area contributed by atoms with Gasteiger partial charge < -0.3 is 15.1 Å². The van der Waals surface area contributed by atoms with Gasteiger partial charge in [-0.15, -0.1) is 0 Å². The molecule has 0 aliphatic carbocycles. The second kappa shape index (κ2) is 8.34. The largest absolute Gasteiger partial charge is 0.393 e. The minimum Gasteiger partial charge on any atom is -0.355 e. The monoisotopic (exact) mass is 471 g/mol. The quantitative estimate of drug-likeness (QED) is 0.592. The number of H-pyrrole nitrogens is 1. The summed E-state index contributed by atoms with van der Waals surface area (Å²) < 4.78 is 39.4. The number of hydrogen-bond acceptors (Lipinski definition) is 4. The van der Waals surface area contributed by atoms with Crippen LogP contribution in [0, 0.1) is 12.8 Å². The van der Waals surface area contributed by atoms with Crippen LogP contribution in [-0.2, 0) is 11.3 Å². The topological polar surface area (TPSA) is 81.3 Å². The average molecular weight is 471 g/mol. The smallest absolute Gasteiger partial charge is 0.355 e. The number of alkyl halides is 3. The molecule has 0 bridgehead atoms. The Bertz CT molecular complexity index is 1270. The molecule has 0 radical (unpaired) electrons. The van der Waals surface area contributed by atoms with Crippen molar-refractivity contribution in [3.63, 3.8) is 0 Å². The molecule has 0 saturated carbocycles. The molecule has 178 valence electrons. The Morgan fingerprint density at radius 2 is 2.09 bits per heavy atom. The van der Waals surface area contributed by atoms with Crippen LogP contribution in [0.15, 0.2) is 36.4 Å². The molecule has 1 saturated heterocycles. The molecule has 2 aliphatic heterocycles. The molecule has 7 nitrogen and oxygen atoms in total. The van der Waals surface area contributed by atoms with E-state index in [-0.39, 0.29) is 38.5 Å². The van der Waals surface area contributed by atoms with Gasteiger partial charge in [0.2, 0.25) is 5.91 Å². The highest BCUT2D eigenvalue weighted by Gasteiger charge is 2.43. The number of amides is 2. The van der Waals surface area contributed by atoms with Crippen LogP contribution in [-0.4, -0.2) is 57.6 Å². The molecule has 2 aliphatic rings. The van der Waals surface area contributed by atoms with Gasteiger partial charge in [0.15, 0.2) is 0 Å². The number of nitrogens with zero attached hydrogens (tertiary/aromatic N) is 3. The lowest BCUT2D eigenvalue weighted by atomic mass is 9.97. The zero-order chi connectivity index (χ0) is 24.0. The van der Waals surface area contributed by atoms with Crippen molar-refractivity contribution in [2.24, 2.45) is 5.92 Å². The standard InChI is InChI=1S/C24H24F3N5O2/c1-14-18-8-7-17(10-20(18)30-29-14)28-19-6-2-4-15-11-32(23(34)22(15)19)13-21(33)31-9-3-5-16(12-31)24(25,26)27/h2,4,6-8,10,16,28H,3,5,9,11-13H2,1H3,(H,29,30). The normalized spacial score (nSPS) is 18.5. The van der Waals surface area contributed by atoms with E-state index in [1.807, 2.05) is 37.3 Å². The molecular formula is C24H24F3N5O2. The van der Waals surface area contributed by atoms with Crippen molar-refractivity contribution < 1.29 is 22.8 Å². The summed E-state index contributed by atoms with van der Waals surface area (Å²) in [6.45, 7) is 1.87. The third-order valence-corrected chi connectivity index (χ3v) is 6.60. The van der Waals surface area contributed by atoms with Crippen LogP contribution in [0.4, 0.5) is 24.5 Å². The fraction of sp³-hybridized carbons (Fsp3) is 0.375. The van der Waals surface area contributed by atoms with Crippen LogP contribution in [0.3, 0.4) is 0 Å². The maximum atomic E-state index is 13.2. The summed E-state index contributed by atoms with van der Waals surface area (Å²) in [4.78, 5) is 28.6. The number of aromatic nitrogens is 2. The van der Waals surface area contributed by atoms with E-state index in [9.17, 15) is 22.8 Å². The molecule has 3 heterocycles. The Balaban J connectivity index is 1.31. The van der Waals surface area contributed by atoms with E-state index >= 15 is 0 Å². The fourth-order valence-corrected chi connectivity index (χ4v) is 4.76. The van der Waals surface area contributed by atoms with Gasteiger partial charge in [-0.1, -0.05) is 12.1 Å². The summed E-state index contributed by atoms with van der Waals surface area (Å²) in [5, 5.41) is 11.5. The number of benzene rings is 2. The molecule has 1 unspecified atom stereocenters. The number of likely N-dealkylation sites (tertiary alicyclic amines) is 1. The first kappa shape index (κ1) is 22.2. The predicted octanol–water partition coefficient (Wildman–Crippen LogP) is 4.37. The number of hydrogen-bond donors (Lipinski definition) is 2. The lowest BCUT2D eigenvalue weighted by Gasteiger charge is -2.34. The number of aromatic amines is 1. The van der Waals surface area contributed by atoms with Crippen LogP contribution >= 0.6 is 0 Å². The maximum absolute atomic E-state index is 13.2. The van der Waals surface area contributed by atoms with Crippen molar-refractivity contribution in [1.29, 1.82) is 0 Å². The van der Waals surface area contributed by atoms with Crippen molar-refractivity contribution in [3.05, 3.63) is 53.2 Å². The summed E-state index contributed by atoms with van der Waals surface area (Å²) in [7, 11) is 0. The van der Waals surface area contributed by atoms with E-state index in [4.69, 9.17) is 0 Å². The molecule has 1 fully saturated rings. The number of carbonyl (C=O) groups is 2.